The molecule has 10 bridgehead atoms. The number of hydrogen-bond donors (Lipinski definition) is 10. The number of aromatic nitrogens is 7. The van der Waals surface area contributed by atoms with Gasteiger partial charge in [-0.25, -0.2) is 39.7 Å². The maximum atomic E-state index is 15.4. The number of carbonyl (C=O) groups is 10. The highest BCUT2D eigenvalue weighted by atomic mass is 32.1. The SMILES string of the molecule is Cc1sc2nc1C(=O)N[C@@H]([C@H](OC(=O)NCC(=O)O)c1ccccc1)c1nc(cs1)C(=O)N[C@@H](Cc1ccc(O)cc1)C(=O)N1C[C@H](O)[C@H](C)[C@H]1c1nc(cs1)-c1nc(cs1)-c1nc(-c3nc(C(=O)N(CC(=O)O)[C@H]4CC[C@H](C(=O)O)CC4)cs3)ccc1-c1nc(cs1)C(=O)N[C@H]2CC(N)=O. The van der Waals surface area contributed by atoms with Crippen LogP contribution in [-0.2, 0) is 35.1 Å². The van der Waals surface area contributed by atoms with Crippen molar-refractivity contribution in [3.63, 3.8) is 0 Å². The van der Waals surface area contributed by atoms with E-state index >= 15 is 4.79 Å². The summed E-state index contributed by atoms with van der Waals surface area (Å²) < 4.78 is 5.91. The number of aromatic hydroxyl groups is 1. The molecule has 7 aromatic heterocycles. The molecule has 9 heterocycles. The van der Waals surface area contributed by atoms with Crippen LogP contribution in [0.1, 0.15) is 136 Å². The lowest BCUT2D eigenvalue weighted by Gasteiger charge is -2.34. The van der Waals surface area contributed by atoms with Crippen LogP contribution < -0.4 is 27.0 Å². The van der Waals surface area contributed by atoms with Crippen LogP contribution in [-0.4, -0.2) is 167 Å². The summed E-state index contributed by atoms with van der Waals surface area (Å²) in [5, 5.41) is 70.6. The zero-order valence-electron chi connectivity index (χ0n) is 53.1. The van der Waals surface area contributed by atoms with Gasteiger partial charge in [-0.2, -0.15) is 0 Å². The molecule has 101 heavy (non-hydrogen) atoms. The van der Waals surface area contributed by atoms with Crippen molar-refractivity contribution in [3.05, 3.63) is 147 Å². The van der Waals surface area contributed by atoms with Crippen LogP contribution in [0, 0.1) is 18.8 Å². The smallest absolute Gasteiger partial charge is 0.408 e. The van der Waals surface area contributed by atoms with Crippen LogP contribution >= 0.6 is 68.0 Å². The van der Waals surface area contributed by atoms with Crippen molar-refractivity contribution in [2.75, 3.05) is 19.6 Å². The van der Waals surface area contributed by atoms with E-state index in [1.807, 2.05) is 0 Å². The third-order valence-corrected chi connectivity index (χ3v) is 22.6. The Morgan fingerprint density at radius 3 is 2.03 bits per heavy atom. The molecule has 2 aliphatic heterocycles. The van der Waals surface area contributed by atoms with Crippen molar-refractivity contribution in [1.29, 1.82) is 0 Å². The zero-order chi connectivity index (χ0) is 71.5. The molecular weight excluding hydrogens is 1430 g/mol. The fourth-order valence-corrected chi connectivity index (χ4v) is 17.3. The number of phenolic OH excluding ortho intramolecular Hbond substituents is 1. The standard InChI is InChI=1S/C65H60N14O16S6/c1-28-44(81)21-79-51(28)61-74-42(26-100-61)58-71-39(23-97-58)49-35(16-17-36(68-49)57-75-43(27-98-57)63(91)78(22-47(85)86)33-12-10-32(11-13-33)64(92)93)56-72-40(24-96-56)53(87)69-37(19-45(66)82)59-77-48(29(2)101-59)55(89)76-50(52(31-6-4-3-5-7-31)95-65(94)67-20-46(83)84)60-73-41(25-99-60)54(88)70-38(62(79)90)18-30-8-14-34(80)15-9-30/h3-9,14-17,23-28,32-33,37-38,44,50-52,80-81H,10-13,18-22H2,1-2H3,(H2,66,82)(H,67,94)(H,69,87)(H,70,88)(H,76,89)(H,83,84)(H,85,86)(H,92,93)/t28-,32-,33-,37-,38-,44-,50-,51-,52+/m0/s1. The number of nitrogens with two attached hydrogens (primary N) is 1. The highest BCUT2D eigenvalue weighted by molar-refractivity contribution is 7.15. The average molecular weight is 1490 g/mol. The molecule has 2 fully saturated rings. The number of carboxylic acids is 3. The second kappa shape index (κ2) is 30.2. The Morgan fingerprint density at radius 1 is 0.673 bits per heavy atom. The predicted molar refractivity (Wildman–Crippen MR) is 368 cm³/mol. The number of nitrogens with zero attached hydrogens (tertiary/aromatic N) is 9. The summed E-state index contributed by atoms with van der Waals surface area (Å²) in [7, 11) is 0. The first kappa shape index (κ1) is 70.5. The van der Waals surface area contributed by atoms with Crippen molar-refractivity contribution in [2.45, 2.75) is 94.8 Å². The minimum absolute atomic E-state index is 0.0220. The summed E-state index contributed by atoms with van der Waals surface area (Å²) in [6, 6.07) is 11.9. The lowest BCUT2D eigenvalue weighted by Crippen LogP contribution is -2.50. The maximum Gasteiger partial charge on any atom is 0.408 e. The van der Waals surface area contributed by atoms with Gasteiger partial charge in [-0.1, -0.05) is 49.4 Å². The Bertz CT molecular complexity index is 4680. The van der Waals surface area contributed by atoms with Crippen molar-refractivity contribution in [2.24, 2.45) is 17.6 Å². The minimum Gasteiger partial charge on any atom is -0.508 e. The number of rotatable bonds is 15. The Hall–Kier alpha value is -10.4. The number of hydrogen-bond acceptors (Lipinski definition) is 26. The third kappa shape index (κ3) is 15.8. The number of aliphatic carboxylic acids is 3. The van der Waals surface area contributed by atoms with Gasteiger partial charge in [-0.3, -0.25) is 43.2 Å². The van der Waals surface area contributed by atoms with Gasteiger partial charge in [-0.15, -0.1) is 68.0 Å². The summed E-state index contributed by atoms with van der Waals surface area (Å²) in [5.74, 6) is -9.56. The number of primary amides is 1. The average Bonchev–Trinajstić information content (AvgIpc) is 1.65. The van der Waals surface area contributed by atoms with E-state index < -0.39 is 133 Å². The number of aryl methyl sites for hydroxylation is 1. The fourth-order valence-electron chi connectivity index (χ4n) is 12.0. The number of nitrogens with one attached hydrogen (secondary N) is 4. The van der Waals surface area contributed by atoms with Gasteiger partial charge in [0.05, 0.1) is 36.2 Å². The lowest BCUT2D eigenvalue weighted by molar-refractivity contribution is -0.144. The zero-order valence-corrected chi connectivity index (χ0v) is 58.0. The Balaban J connectivity index is 0.950. The fraction of sp³-hybridized carbons (Fsp3) is 0.308. The number of fused-ring (bicyclic) bond motifs is 16. The highest BCUT2D eigenvalue weighted by Crippen LogP contribution is 2.44. The number of thiazole rings is 6. The molecule has 9 aromatic rings. The van der Waals surface area contributed by atoms with Gasteiger partial charge in [0.15, 0.2) is 6.10 Å². The molecule has 0 radical (unpaired) electrons. The van der Waals surface area contributed by atoms with E-state index in [0.29, 0.717) is 32.5 Å². The normalized spacial score (nSPS) is 20.5. The molecular formula is C65H60N14O16S6. The first-order chi connectivity index (χ1) is 48.4. The van der Waals surface area contributed by atoms with E-state index in [2.05, 4.69) is 36.2 Å². The summed E-state index contributed by atoms with van der Waals surface area (Å²) >= 11 is 6.36. The van der Waals surface area contributed by atoms with Crippen molar-refractivity contribution >= 4 is 127 Å². The molecule has 1 saturated carbocycles. The lowest BCUT2D eigenvalue weighted by atomic mass is 9.85. The first-order valence-electron chi connectivity index (χ1n) is 31.1. The molecule has 36 heteroatoms. The van der Waals surface area contributed by atoms with E-state index in [1.165, 1.54) is 60.7 Å². The van der Waals surface area contributed by atoms with Crippen LogP contribution in [0.3, 0.4) is 0 Å². The molecule has 0 spiro atoms. The number of phenols is 1. The number of alkyl carbamates (subject to hydrolysis) is 1. The summed E-state index contributed by atoms with van der Waals surface area (Å²) in [5.41, 5.74) is 7.50. The van der Waals surface area contributed by atoms with Gasteiger partial charge in [-0.05, 0) is 68.0 Å². The van der Waals surface area contributed by atoms with Crippen LogP contribution in [0.15, 0.2) is 93.6 Å². The number of aliphatic hydroxyl groups is 1. The van der Waals surface area contributed by atoms with Crippen LogP contribution in [0.2, 0.25) is 0 Å². The van der Waals surface area contributed by atoms with Crippen LogP contribution in [0.4, 0.5) is 4.79 Å². The second-order valence-corrected chi connectivity index (χ2v) is 29.5. The quantitative estimate of drug-likeness (QED) is 0.0482. The van der Waals surface area contributed by atoms with E-state index in [9.17, 15) is 68.7 Å². The van der Waals surface area contributed by atoms with Gasteiger partial charge in [0.2, 0.25) is 11.8 Å². The van der Waals surface area contributed by atoms with Crippen molar-refractivity contribution in [1.82, 2.24) is 66.0 Å². The molecule has 7 atom stereocenters. The minimum atomic E-state index is -1.50. The molecule has 11 N–H and O–H groups in total. The number of aliphatic hydroxyl groups excluding tert-OH is 1. The molecule has 522 valence electrons. The third-order valence-electron chi connectivity index (χ3n) is 17.1. The van der Waals surface area contributed by atoms with Gasteiger partial charge in [0.25, 0.3) is 23.6 Å². The van der Waals surface area contributed by atoms with Crippen LogP contribution in [0.5, 0.6) is 5.75 Å². The first-order valence-corrected chi connectivity index (χ1v) is 36.4. The predicted octanol–water partition coefficient (Wildman–Crippen LogP) is 7.28. The molecule has 12 rings (SSSR count). The number of ether oxygens (including phenoxy) is 1. The van der Waals surface area contributed by atoms with E-state index in [1.54, 1.807) is 79.2 Å². The number of pyridine rings is 1. The Kier molecular flexibility index (Phi) is 21.1. The second-order valence-electron chi connectivity index (χ2n) is 23.9. The summed E-state index contributed by atoms with van der Waals surface area (Å²) in [6.45, 7) is 1.66. The van der Waals surface area contributed by atoms with Crippen molar-refractivity contribution in [3.8, 4) is 49.1 Å². The van der Waals surface area contributed by atoms with Crippen molar-refractivity contribution < 1.29 is 78.2 Å². The van der Waals surface area contributed by atoms with Crippen LogP contribution in [0.25, 0.3) is 43.4 Å². The largest absolute Gasteiger partial charge is 0.508 e. The van der Waals surface area contributed by atoms with E-state index in [-0.39, 0.29) is 109 Å². The molecule has 2 aromatic carbocycles. The highest BCUT2D eigenvalue weighted by Gasteiger charge is 2.46. The topological polar surface area (TPSA) is 452 Å². The molecule has 1 aliphatic carbocycles. The summed E-state index contributed by atoms with van der Waals surface area (Å²) in [6.07, 6.45) is -3.32. The van der Waals surface area contributed by atoms with E-state index in [0.717, 1.165) is 45.3 Å². The Labute approximate surface area is 596 Å². The monoisotopic (exact) mass is 1480 g/mol. The van der Waals surface area contributed by atoms with Gasteiger partial charge in [0.1, 0.15) is 101 Å². The maximum absolute atomic E-state index is 15.4. The number of benzene rings is 2. The van der Waals surface area contributed by atoms with E-state index in [4.69, 9.17) is 30.4 Å². The molecule has 1 saturated heterocycles. The summed E-state index contributed by atoms with van der Waals surface area (Å²) in [4.78, 5) is 172. The molecule has 3 aliphatic rings. The Morgan fingerprint density at radius 2 is 1.32 bits per heavy atom. The molecule has 7 amide bonds. The molecule has 0 unspecified atom stereocenters. The number of carboxylic acid groups (broad SMARTS) is 3. The number of carbonyl (C=O) groups excluding carboxylic acids is 7. The van der Waals surface area contributed by atoms with Gasteiger partial charge < -0.3 is 67.1 Å². The van der Waals surface area contributed by atoms with Gasteiger partial charge >= 0.3 is 24.0 Å². The molecule has 30 nitrogen and oxygen atoms in total. The number of amides is 7. The van der Waals surface area contributed by atoms with Gasteiger partial charge in [0, 0.05) is 62.3 Å².